The molecule has 0 aromatic heterocycles. The highest BCUT2D eigenvalue weighted by molar-refractivity contribution is 5.41. The number of ether oxygens (including phenoxy) is 2. The highest BCUT2D eigenvalue weighted by Gasteiger charge is 2.18. The summed E-state index contributed by atoms with van der Waals surface area (Å²) in [6.07, 6.45) is 1.03. The molecule has 0 bridgehead atoms. The molecule has 0 radical (unpaired) electrons. The third-order valence-corrected chi connectivity index (χ3v) is 5.08. The fourth-order valence-corrected chi connectivity index (χ4v) is 3.70. The summed E-state index contributed by atoms with van der Waals surface area (Å²) in [4.78, 5) is 4.38. The number of rotatable bonds is 3. The molecule has 2 aromatic carbocycles. The Morgan fingerprint density at radius 2 is 1.48 bits per heavy atom. The number of hydrogen-bond acceptors (Lipinski definition) is 4. The van der Waals surface area contributed by atoms with Crippen molar-refractivity contribution in [2.45, 2.75) is 32.4 Å². The molecule has 0 N–H and O–H groups in total. The van der Waals surface area contributed by atoms with Crippen molar-refractivity contribution in [1.29, 1.82) is 0 Å². The molecule has 0 fully saturated rings. The summed E-state index contributed by atoms with van der Waals surface area (Å²) >= 11 is 0. The summed E-state index contributed by atoms with van der Waals surface area (Å²) in [5.41, 5.74) is 5.33. The molecule has 132 valence electrons. The van der Waals surface area contributed by atoms with Gasteiger partial charge in [0.25, 0.3) is 0 Å². The van der Waals surface area contributed by atoms with Crippen LogP contribution in [0.3, 0.4) is 0 Å². The smallest absolute Gasteiger partial charge is 0.142 e. The van der Waals surface area contributed by atoms with Crippen LogP contribution in [0.15, 0.2) is 36.4 Å². The first-order chi connectivity index (χ1) is 12.1. The van der Waals surface area contributed by atoms with Crippen LogP contribution >= 0.6 is 0 Å². The Hall–Kier alpha value is -2.04. The molecule has 4 heteroatoms. The van der Waals surface area contributed by atoms with Gasteiger partial charge in [0.05, 0.1) is 0 Å². The van der Waals surface area contributed by atoms with Crippen LogP contribution in [0.2, 0.25) is 0 Å². The second kappa shape index (κ2) is 6.70. The van der Waals surface area contributed by atoms with Gasteiger partial charge in [0, 0.05) is 24.2 Å². The lowest BCUT2D eigenvalue weighted by atomic mass is 9.91. The van der Waals surface area contributed by atoms with E-state index in [1.807, 2.05) is 0 Å². The van der Waals surface area contributed by atoms with Crippen molar-refractivity contribution in [1.82, 2.24) is 9.80 Å². The number of hydrogen-bond donors (Lipinski definition) is 0. The minimum absolute atomic E-state index is 0.470. The minimum atomic E-state index is 0.470. The van der Waals surface area contributed by atoms with E-state index in [1.54, 1.807) is 0 Å². The van der Waals surface area contributed by atoms with Gasteiger partial charge in [0.15, 0.2) is 0 Å². The molecule has 2 heterocycles. The monoisotopic (exact) mass is 338 g/mol. The van der Waals surface area contributed by atoms with Crippen molar-refractivity contribution >= 4 is 0 Å². The molecule has 2 aliphatic rings. The van der Waals surface area contributed by atoms with Gasteiger partial charge in [-0.15, -0.1) is 0 Å². The maximum Gasteiger partial charge on any atom is 0.142 e. The molecule has 0 aliphatic carbocycles. The maximum atomic E-state index is 5.77. The van der Waals surface area contributed by atoms with Gasteiger partial charge in [-0.2, -0.15) is 0 Å². The van der Waals surface area contributed by atoms with Crippen LogP contribution in [0, 0.1) is 0 Å². The van der Waals surface area contributed by atoms with Crippen molar-refractivity contribution in [2.24, 2.45) is 0 Å². The highest BCUT2D eigenvalue weighted by atomic mass is 16.5. The molecule has 2 aliphatic heterocycles. The molecule has 25 heavy (non-hydrogen) atoms. The third-order valence-electron chi connectivity index (χ3n) is 5.08. The van der Waals surface area contributed by atoms with Crippen LogP contribution in [-0.2, 0) is 19.5 Å². The minimum Gasteiger partial charge on any atom is -0.478 e. The van der Waals surface area contributed by atoms with Gasteiger partial charge < -0.3 is 9.47 Å². The predicted molar refractivity (Wildman–Crippen MR) is 98.9 cm³/mol. The molecule has 1 unspecified atom stereocenters. The van der Waals surface area contributed by atoms with Gasteiger partial charge in [-0.1, -0.05) is 31.2 Å². The van der Waals surface area contributed by atoms with Crippen LogP contribution in [0.4, 0.5) is 0 Å². The van der Waals surface area contributed by atoms with Crippen LogP contribution < -0.4 is 9.47 Å². The Kier molecular flexibility index (Phi) is 4.40. The predicted octanol–water partition coefficient (Wildman–Crippen LogP) is 3.60. The molecule has 0 amide bonds. The second-order valence-corrected chi connectivity index (χ2v) is 7.49. The first-order valence-corrected chi connectivity index (χ1v) is 8.96. The largest absolute Gasteiger partial charge is 0.478 e. The summed E-state index contributed by atoms with van der Waals surface area (Å²) < 4.78 is 11.5. The van der Waals surface area contributed by atoms with E-state index in [0.29, 0.717) is 19.4 Å². The molecule has 0 spiro atoms. The van der Waals surface area contributed by atoms with Gasteiger partial charge in [-0.05, 0) is 49.7 Å². The molecular weight excluding hydrogens is 312 g/mol. The van der Waals surface area contributed by atoms with Gasteiger partial charge in [-0.3, -0.25) is 9.80 Å². The first-order valence-electron chi connectivity index (χ1n) is 8.96. The van der Waals surface area contributed by atoms with Crippen molar-refractivity contribution < 1.29 is 9.47 Å². The van der Waals surface area contributed by atoms with Gasteiger partial charge in [0.2, 0.25) is 0 Å². The molecular formula is C21H26N2O2. The van der Waals surface area contributed by atoms with Gasteiger partial charge in [0.1, 0.15) is 25.0 Å². The van der Waals surface area contributed by atoms with E-state index in [0.717, 1.165) is 31.0 Å². The fourth-order valence-electron chi connectivity index (χ4n) is 3.70. The lowest BCUT2D eigenvalue weighted by molar-refractivity contribution is 0.121. The number of benzene rings is 2. The van der Waals surface area contributed by atoms with E-state index in [2.05, 4.69) is 67.2 Å². The quantitative estimate of drug-likeness (QED) is 0.854. The zero-order valence-electron chi connectivity index (χ0n) is 15.3. The standard InChI is InChI=1S/C21H26N2O2/c1-15(17-5-7-21-19(10-17)12-23(3)14-25-21)8-16-4-6-20-18(9-16)11-22(2)13-24-20/h4-7,9-10,15H,8,11-14H2,1-3H3. The second-order valence-electron chi connectivity index (χ2n) is 7.49. The third kappa shape index (κ3) is 3.51. The Morgan fingerprint density at radius 3 is 2.16 bits per heavy atom. The van der Waals surface area contributed by atoms with Gasteiger partial charge >= 0.3 is 0 Å². The van der Waals surface area contributed by atoms with Crippen LogP contribution in [0.25, 0.3) is 0 Å². The van der Waals surface area contributed by atoms with Gasteiger partial charge in [-0.25, -0.2) is 0 Å². The molecule has 1 atom stereocenters. The summed E-state index contributed by atoms with van der Waals surface area (Å²) in [6, 6.07) is 13.3. The van der Waals surface area contributed by atoms with Crippen molar-refractivity contribution in [3.8, 4) is 11.5 Å². The summed E-state index contributed by atoms with van der Waals surface area (Å²) in [5, 5.41) is 0. The normalized spacial score (nSPS) is 18.7. The Labute approximate surface area is 150 Å². The maximum absolute atomic E-state index is 5.77. The van der Waals surface area contributed by atoms with E-state index in [9.17, 15) is 0 Å². The van der Waals surface area contributed by atoms with Crippen molar-refractivity contribution in [3.63, 3.8) is 0 Å². The summed E-state index contributed by atoms with van der Waals surface area (Å²) in [6.45, 7) is 5.57. The van der Waals surface area contributed by atoms with E-state index in [4.69, 9.17) is 9.47 Å². The topological polar surface area (TPSA) is 24.9 Å². The average Bonchev–Trinajstić information content (AvgIpc) is 2.60. The van der Waals surface area contributed by atoms with Crippen molar-refractivity contribution in [3.05, 3.63) is 58.7 Å². The molecule has 2 aromatic rings. The SMILES string of the molecule is CC(Cc1ccc2c(c1)CN(C)CO2)c1ccc2c(c1)CN(C)CO2. The lowest BCUT2D eigenvalue weighted by Gasteiger charge is -2.27. The molecule has 4 nitrogen and oxygen atoms in total. The fraction of sp³-hybridized carbons (Fsp3) is 0.429. The zero-order chi connectivity index (χ0) is 17.4. The lowest BCUT2D eigenvalue weighted by Crippen LogP contribution is -2.28. The zero-order valence-corrected chi connectivity index (χ0v) is 15.3. The number of nitrogens with zero attached hydrogens (tertiary/aromatic N) is 2. The summed E-state index contributed by atoms with van der Waals surface area (Å²) in [5.74, 6) is 2.53. The van der Waals surface area contributed by atoms with Crippen molar-refractivity contribution in [2.75, 3.05) is 27.6 Å². The van der Waals surface area contributed by atoms with E-state index in [1.165, 1.54) is 22.3 Å². The van der Waals surface area contributed by atoms with Crippen LogP contribution in [-0.4, -0.2) is 37.4 Å². The molecule has 0 saturated carbocycles. The van der Waals surface area contributed by atoms with E-state index in [-0.39, 0.29) is 0 Å². The van der Waals surface area contributed by atoms with E-state index >= 15 is 0 Å². The van der Waals surface area contributed by atoms with E-state index < -0.39 is 0 Å². The molecule has 4 rings (SSSR count). The Morgan fingerprint density at radius 1 is 0.880 bits per heavy atom. The van der Waals surface area contributed by atoms with Crippen LogP contribution in [0.5, 0.6) is 11.5 Å². The van der Waals surface area contributed by atoms with Crippen LogP contribution in [0.1, 0.15) is 35.1 Å². The Bertz CT molecular complexity index is 774. The molecule has 0 saturated heterocycles. The Balaban J connectivity index is 1.51. The highest BCUT2D eigenvalue weighted by Crippen LogP contribution is 2.31. The summed E-state index contributed by atoms with van der Waals surface area (Å²) in [7, 11) is 4.18. The number of fused-ring (bicyclic) bond motifs is 2. The first kappa shape index (κ1) is 16.4. The average molecular weight is 338 g/mol.